The molecule has 2 aromatic rings. The minimum absolute atomic E-state index is 0.166. The Morgan fingerprint density at radius 1 is 1.00 bits per heavy atom. The van der Waals surface area contributed by atoms with Crippen molar-refractivity contribution in [1.29, 1.82) is 0 Å². The van der Waals surface area contributed by atoms with Crippen molar-refractivity contribution >= 4 is 26.9 Å². The first-order valence-corrected chi connectivity index (χ1v) is 7.23. The Morgan fingerprint density at radius 3 is 2.29 bits per heavy atom. The van der Waals surface area contributed by atoms with Gasteiger partial charge in [0.25, 0.3) is 9.84 Å². The minimum Gasteiger partial charge on any atom is -0.399 e. The highest BCUT2D eigenvalue weighted by Gasteiger charge is 2.47. The maximum Gasteiger partial charge on any atom is 0.501 e. The van der Waals surface area contributed by atoms with Crippen molar-refractivity contribution in [1.82, 2.24) is 0 Å². The standard InChI is InChI=1S/C13H11F3N2O2S/c14-13(15,16)21(19,20)12-7-2-1-6-11(12)18-10-5-3-4-9(17)8-10/h1-8,18H,17H2. The fourth-order valence-corrected chi connectivity index (χ4v) is 2.62. The second-order valence-electron chi connectivity index (χ2n) is 4.20. The molecule has 3 N–H and O–H groups in total. The summed E-state index contributed by atoms with van der Waals surface area (Å²) in [4.78, 5) is -0.833. The maximum atomic E-state index is 12.7. The summed E-state index contributed by atoms with van der Waals surface area (Å²) >= 11 is 0. The number of nitrogen functional groups attached to an aromatic ring is 1. The number of halogens is 3. The zero-order chi connectivity index (χ0) is 15.7. The van der Waals surface area contributed by atoms with Crippen molar-refractivity contribution in [3.63, 3.8) is 0 Å². The van der Waals surface area contributed by atoms with Crippen LogP contribution in [0, 0.1) is 0 Å². The monoisotopic (exact) mass is 316 g/mol. The first-order chi connectivity index (χ1) is 9.72. The summed E-state index contributed by atoms with van der Waals surface area (Å²) in [6.45, 7) is 0. The first kappa shape index (κ1) is 15.2. The van der Waals surface area contributed by atoms with E-state index in [0.29, 0.717) is 11.4 Å². The molecule has 0 aliphatic carbocycles. The van der Waals surface area contributed by atoms with Gasteiger partial charge in [-0.1, -0.05) is 18.2 Å². The van der Waals surface area contributed by atoms with Crippen LogP contribution in [0.3, 0.4) is 0 Å². The van der Waals surface area contributed by atoms with E-state index in [2.05, 4.69) is 5.32 Å². The molecule has 0 amide bonds. The molecule has 8 heteroatoms. The van der Waals surface area contributed by atoms with Gasteiger partial charge in [-0.2, -0.15) is 13.2 Å². The van der Waals surface area contributed by atoms with Gasteiger partial charge in [-0.15, -0.1) is 0 Å². The number of nitrogens with one attached hydrogen (secondary N) is 1. The molecule has 0 fully saturated rings. The Bertz CT molecular complexity index is 758. The van der Waals surface area contributed by atoms with Crippen LogP contribution in [0.25, 0.3) is 0 Å². The van der Waals surface area contributed by atoms with Gasteiger partial charge in [0.15, 0.2) is 0 Å². The molecule has 0 aromatic heterocycles. The number of hydrogen-bond donors (Lipinski definition) is 2. The average Bonchev–Trinajstić information content (AvgIpc) is 2.38. The SMILES string of the molecule is Nc1cccc(Nc2ccccc2S(=O)(=O)C(F)(F)F)c1. The summed E-state index contributed by atoms with van der Waals surface area (Å²) in [5.41, 5.74) is 0.828. The van der Waals surface area contributed by atoms with Gasteiger partial charge < -0.3 is 11.1 Å². The molecule has 0 radical (unpaired) electrons. The lowest BCUT2D eigenvalue weighted by molar-refractivity contribution is -0.0435. The van der Waals surface area contributed by atoms with E-state index in [1.165, 1.54) is 24.3 Å². The fraction of sp³-hybridized carbons (Fsp3) is 0.0769. The van der Waals surface area contributed by atoms with Crippen LogP contribution in [0.2, 0.25) is 0 Å². The van der Waals surface area contributed by atoms with Crippen molar-refractivity contribution in [3.05, 3.63) is 48.5 Å². The smallest absolute Gasteiger partial charge is 0.399 e. The summed E-state index contributed by atoms with van der Waals surface area (Å²) in [5.74, 6) is 0. The Labute approximate surface area is 119 Å². The number of hydrogen-bond acceptors (Lipinski definition) is 4. The third-order valence-electron chi connectivity index (χ3n) is 2.65. The molecule has 21 heavy (non-hydrogen) atoms. The van der Waals surface area contributed by atoms with E-state index < -0.39 is 20.2 Å². The second-order valence-corrected chi connectivity index (χ2v) is 6.11. The lowest BCUT2D eigenvalue weighted by atomic mass is 10.2. The number of benzene rings is 2. The molecular weight excluding hydrogens is 305 g/mol. The summed E-state index contributed by atoms with van der Waals surface area (Å²) in [7, 11) is -5.43. The number of sulfone groups is 1. The molecule has 0 aliphatic heterocycles. The predicted molar refractivity (Wildman–Crippen MR) is 73.8 cm³/mol. The van der Waals surface area contributed by atoms with E-state index in [0.717, 1.165) is 6.07 Å². The largest absolute Gasteiger partial charge is 0.501 e. The number of rotatable bonds is 3. The van der Waals surface area contributed by atoms with E-state index >= 15 is 0 Å². The zero-order valence-corrected chi connectivity index (χ0v) is 11.4. The van der Waals surface area contributed by atoms with Gasteiger partial charge in [0, 0.05) is 11.4 Å². The highest BCUT2D eigenvalue weighted by atomic mass is 32.2. The highest BCUT2D eigenvalue weighted by molar-refractivity contribution is 7.92. The molecule has 0 aliphatic rings. The third kappa shape index (κ3) is 3.10. The molecule has 0 bridgehead atoms. The van der Waals surface area contributed by atoms with Crippen molar-refractivity contribution in [2.24, 2.45) is 0 Å². The normalized spacial score (nSPS) is 12.1. The summed E-state index contributed by atoms with van der Waals surface area (Å²) in [6, 6.07) is 11.1. The van der Waals surface area contributed by atoms with E-state index in [9.17, 15) is 21.6 Å². The first-order valence-electron chi connectivity index (χ1n) is 5.75. The van der Waals surface area contributed by atoms with Crippen molar-refractivity contribution in [3.8, 4) is 0 Å². The van der Waals surface area contributed by atoms with Crippen molar-refractivity contribution in [2.45, 2.75) is 10.4 Å². The van der Waals surface area contributed by atoms with Crippen molar-refractivity contribution in [2.75, 3.05) is 11.1 Å². The van der Waals surface area contributed by atoms with Crippen LogP contribution < -0.4 is 11.1 Å². The molecule has 112 valence electrons. The topological polar surface area (TPSA) is 72.2 Å². The second kappa shape index (κ2) is 5.28. The van der Waals surface area contributed by atoms with Crippen molar-refractivity contribution < 1.29 is 21.6 Å². The lowest BCUT2D eigenvalue weighted by Crippen LogP contribution is -2.24. The minimum atomic E-state index is -5.43. The molecule has 0 saturated heterocycles. The third-order valence-corrected chi connectivity index (χ3v) is 4.19. The van der Waals surface area contributed by atoms with Gasteiger partial charge in [0.05, 0.1) is 10.6 Å². The molecule has 0 heterocycles. The quantitative estimate of drug-likeness (QED) is 0.852. The summed E-state index contributed by atoms with van der Waals surface area (Å²) < 4.78 is 61.1. The average molecular weight is 316 g/mol. The van der Waals surface area contributed by atoms with E-state index in [4.69, 9.17) is 5.73 Å². The van der Waals surface area contributed by atoms with Gasteiger partial charge in [-0.05, 0) is 30.3 Å². The van der Waals surface area contributed by atoms with Crippen LogP contribution in [-0.4, -0.2) is 13.9 Å². The molecule has 0 unspecified atom stereocenters. The summed E-state index contributed by atoms with van der Waals surface area (Å²) in [6.07, 6.45) is 0. The van der Waals surface area contributed by atoms with Gasteiger partial charge >= 0.3 is 5.51 Å². The Balaban J connectivity index is 2.48. The van der Waals surface area contributed by atoms with Crippen LogP contribution in [0.15, 0.2) is 53.4 Å². The van der Waals surface area contributed by atoms with E-state index in [-0.39, 0.29) is 5.69 Å². The molecule has 0 spiro atoms. The van der Waals surface area contributed by atoms with Gasteiger partial charge in [-0.25, -0.2) is 8.42 Å². The van der Waals surface area contributed by atoms with Gasteiger partial charge in [0.1, 0.15) is 0 Å². The van der Waals surface area contributed by atoms with Crippen LogP contribution in [0.4, 0.5) is 30.2 Å². The van der Waals surface area contributed by atoms with Crippen LogP contribution >= 0.6 is 0 Å². The number of para-hydroxylation sites is 1. The molecule has 2 aromatic carbocycles. The summed E-state index contributed by atoms with van der Waals surface area (Å²) in [5, 5.41) is 2.63. The molecule has 0 saturated carbocycles. The molecule has 0 atom stereocenters. The van der Waals surface area contributed by atoms with Gasteiger partial charge in [0.2, 0.25) is 0 Å². The Hall–Kier alpha value is -2.22. The Kier molecular flexibility index (Phi) is 3.82. The number of anilines is 3. The molecule has 4 nitrogen and oxygen atoms in total. The molecular formula is C13H11F3N2O2S. The fourth-order valence-electron chi connectivity index (χ4n) is 1.70. The van der Waals surface area contributed by atoms with E-state index in [1.807, 2.05) is 0 Å². The number of nitrogens with two attached hydrogens (primary N) is 1. The number of alkyl halides is 3. The Morgan fingerprint density at radius 2 is 1.67 bits per heavy atom. The predicted octanol–water partition coefficient (Wildman–Crippen LogP) is 3.31. The van der Waals surface area contributed by atoms with E-state index in [1.54, 1.807) is 18.2 Å². The lowest BCUT2D eigenvalue weighted by Gasteiger charge is -2.14. The zero-order valence-electron chi connectivity index (χ0n) is 10.6. The maximum absolute atomic E-state index is 12.7. The van der Waals surface area contributed by atoms with Crippen LogP contribution in [0.5, 0.6) is 0 Å². The van der Waals surface area contributed by atoms with Crippen LogP contribution in [-0.2, 0) is 9.84 Å². The molecule has 2 rings (SSSR count). The van der Waals surface area contributed by atoms with Crippen LogP contribution in [0.1, 0.15) is 0 Å². The van der Waals surface area contributed by atoms with Gasteiger partial charge in [-0.3, -0.25) is 0 Å². The highest BCUT2D eigenvalue weighted by Crippen LogP contribution is 2.35.